The zero-order valence-electron chi connectivity index (χ0n) is 11.4. The second-order valence-electron chi connectivity index (χ2n) is 5.01. The molecular weight excluding hydrogens is 364 g/mol. The summed E-state index contributed by atoms with van der Waals surface area (Å²) in [6.45, 7) is 0. The van der Waals surface area contributed by atoms with E-state index in [-0.39, 0.29) is 5.56 Å². The minimum Gasteiger partial charge on any atom is -0.239 e. The minimum absolute atomic E-state index is 0.364. The zero-order valence-corrected chi connectivity index (χ0v) is 12.2. The molecule has 0 amide bonds. The highest BCUT2D eigenvalue weighted by atomic mass is 32.2. The van der Waals surface area contributed by atoms with Gasteiger partial charge in [0, 0.05) is 12.0 Å². The van der Waals surface area contributed by atoms with Crippen LogP contribution in [0.3, 0.4) is 0 Å². The van der Waals surface area contributed by atoms with Gasteiger partial charge in [-0.1, -0.05) is 12.1 Å². The Morgan fingerprint density at radius 2 is 1.88 bits per heavy atom. The molecule has 5 nitrogen and oxygen atoms in total. The van der Waals surface area contributed by atoms with Gasteiger partial charge in [0.15, 0.2) is 23.6 Å². The molecule has 0 bridgehead atoms. The molecule has 0 spiro atoms. The quantitative estimate of drug-likeness (QED) is 0.762. The fourth-order valence-electron chi connectivity index (χ4n) is 2.41. The number of sulfone groups is 1. The Hall–Kier alpha value is -2.11. The number of alkyl halides is 4. The van der Waals surface area contributed by atoms with Gasteiger partial charge in [-0.2, -0.15) is 18.2 Å². The Bertz CT molecular complexity index is 908. The van der Waals surface area contributed by atoms with Crippen molar-refractivity contribution < 1.29 is 34.8 Å². The highest BCUT2D eigenvalue weighted by Crippen LogP contribution is 2.41. The van der Waals surface area contributed by atoms with E-state index in [1.54, 1.807) is 0 Å². The molecule has 1 aliphatic rings. The third-order valence-corrected chi connectivity index (χ3v) is 4.79. The Morgan fingerprint density at radius 1 is 1.21 bits per heavy atom. The average molecular weight is 371 g/mol. The molecule has 2 heterocycles. The van der Waals surface area contributed by atoms with E-state index in [0.29, 0.717) is 4.68 Å². The predicted octanol–water partition coefficient (Wildman–Crippen LogP) is 2.85. The molecule has 24 heavy (non-hydrogen) atoms. The molecule has 12 heteroatoms. The molecule has 0 unspecified atom stereocenters. The van der Waals surface area contributed by atoms with Crippen molar-refractivity contribution in [1.29, 1.82) is 0 Å². The highest BCUT2D eigenvalue weighted by molar-refractivity contribution is 7.92. The molecule has 0 fully saturated rings. The van der Waals surface area contributed by atoms with E-state index in [1.165, 1.54) is 0 Å². The molecular formula is C12H7F6N3O2S. The lowest BCUT2D eigenvalue weighted by Gasteiger charge is -2.13. The Labute approximate surface area is 130 Å². The highest BCUT2D eigenvalue weighted by Gasteiger charge is 2.51. The normalized spacial score (nSPS) is 21.1. The van der Waals surface area contributed by atoms with Crippen LogP contribution in [0.2, 0.25) is 0 Å². The summed E-state index contributed by atoms with van der Waals surface area (Å²) in [4.78, 5) is 3.09. The Balaban J connectivity index is 2.12. The van der Waals surface area contributed by atoms with Crippen LogP contribution in [-0.2, 0) is 9.84 Å². The first-order chi connectivity index (χ1) is 11.0. The van der Waals surface area contributed by atoms with E-state index in [4.69, 9.17) is 0 Å². The maximum atomic E-state index is 14.0. The summed E-state index contributed by atoms with van der Waals surface area (Å²) in [5.41, 5.74) is -6.03. The van der Waals surface area contributed by atoms with Gasteiger partial charge in [-0.25, -0.2) is 26.3 Å². The van der Waals surface area contributed by atoms with Crippen molar-refractivity contribution in [2.24, 2.45) is 0 Å². The molecule has 1 aliphatic heterocycles. The van der Waals surface area contributed by atoms with Crippen molar-refractivity contribution in [3.63, 3.8) is 0 Å². The SMILES string of the molecule is O=S(=O)(c1nc2n(n1)[C@H](c1cccc(F)c1F)C[C@@H]2F)C(F)(F)F. The summed E-state index contributed by atoms with van der Waals surface area (Å²) in [5.74, 6) is -3.25. The summed E-state index contributed by atoms with van der Waals surface area (Å²) in [6, 6.07) is 1.73. The van der Waals surface area contributed by atoms with E-state index in [0.717, 1.165) is 18.2 Å². The summed E-state index contributed by atoms with van der Waals surface area (Å²) in [6.07, 6.45) is -2.43. The second kappa shape index (κ2) is 5.19. The van der Waals surface area contributed by atoms with Crippen molar-refractivity contribution >= 4 is 9.84 Å². The van der Waals surface area contributed by atoms with Crippen LogP contribution in [-0.4, -0.2) is 28.7 Å². The number of halogens is 6. The number of hydrogen-bond acceptors (Lipinski definition) is 4. The number of aromatic nitrogens is 3. The number of hydrogen-bond donors (Lipinski definition) is 0. The van der Waals surface area contributed by atoms with E-state index in [9.17, 15) is 34.8 Å². The maximum Gasteiger partial charge on any atom is 0.505 e. The van der Waals surface area contributed by atoms with Crippen LogP contribution in [0.5, 0.6) is 0 Å². The van der Waals surface area contributed by atoms with Crippen LogP contribution >= 0.6 is 0 Å². The largest absolute Gasteiger partial charge is 0.505 e. The molecule has 0 N–H and O–H groups in total. The third-order valence-electron chi connectivity index (χ3n) is 3.53. The fourth-order valence-corrected chi connectivity index (χ4v) is 3.03. The van der Waals surface area contributed by atoms with Gasteiger partial charge in [-0.15, -0.1) is 5.10 Å². The van der Waals surface area contributed by atoms with Crippen LogP contribution < -0.4 is 0 Å². The average Bonchev–Trinajstić information content (AvgIpc) is 3.02. The second-order valence-corrected chi connectivity index (χ2v) is 6.84. The van der Waals surface area contributed by atoms with E-state index < -0.39 is 56.6 Å². The lowest BCUT2D eigenvalue weighted by atomic mass is 10.0. The topological polar surface area (TPSA) is 64.8 Å². The Morgan fingerprint density at radius 3 is 2.50 bits per heavy atom. The van der Waals surface area contributed by atoms with Gasteiger partial charge in [-0.3, -0.25) is 0 Å². The van der Waals surface area contributed by atoms with Crippen LogP contribution in [0.1, 0.15) is 30.0 Å². The van der Waals surface area contributed by atoms with E-state index >= 15 is 0 Å². The smallest absolute Gasteiger partial charge is 0.239 e. The van der Waals surface area contributed by atoms with Crippen molar-refractivity contribution in [1.82, 2.24) is 14.8 Å². The number of fused-ring (bicyclic) bond motifs is 1. The summed E-state index contributed by atoms with van der Waals surface area (Å²) < 4.78 is 102. The van der Waals surface area contributed by atoms with Crippen molar-refractivity contribution in [2.45, 2.75) is 29.3 Å². The molecule has 2 aromatic rings. The molecule has 2 atom stereocenters. The molecule has 0 saturated carbocycles. The zero-order chi connectivity index (χ0) is 17.9. The Kier molecular flexibility index (Phi) is 3.62. The van der Waals surface area contributed by atoms with Gasteiger partial charge >= 0.3 is 15.3 Å². The third kappa shape index (κ3) is 2.36. The molecule has 0 radical (unpaired) electrons. The van der Waals surface area contributed by atoms with Gasteiger partial charge in [0.1, 0.15) is 0 Å². The summed E-state index contributed by atoms with van der Waals surface area (Å²) in [5, 5.41) is 1.55. The maximum absolute atomic E-state index is 14.0. The first-order valence-electron chi connectivity index (χ1n) is 6.40. The monoisotopic (exact) mass is 371 g/mol. The molecule has 0 aliphatic carbocycles. The van der Waals surface area contributed by atoms with Crippen LogP contribution in [0, 0.1) is 11.6 Å². The van der Waals surface area contributed by atoms with Gasteiger partial charge in [0.2, 0.25) is 0 Å². The van der Waals surface area contributed by atoms with Crippen molar-refractivity contribution in [2.75, 3.05) is 0 Å². The first kappa shape index (κ1) is 16.7. The molecule has 3 rings (SSSR count). The van der Waals surface area contributed by atoms with Gasteiger partial charge in [-0.05, 0) is 6.07 Å². The van der Waals surface area contributed by atoms with Gasteiger partial charge in [0.05, 0.1) is 6.04 Å². The number of rotatable bonds is 2. The minimum atomic E-state index is -5.88. The van der Waals surface area contributed by atoms with E-state index in [2.05, 4.69) is 10.1 Å². The first-order valence-corrected chi connectivity index (χ1v) is 7.88. The molecule has 1 aromatic heterocycles. The lowest BCUT2D eigenvalue weighted by molar-refractivity contribution is -0.0440. The van der Waals surface area contributed by atoms with Crippen molar-refractivity contribution in [3.05, 3.63) is 41.2 Å². The molecule has 130 valence electrons. The van der Waals surface area contributed by atoms with Crippen LogP contribution in [0.15, 0.2) is 23.4 Å². The lowest BCUT2D eigenvalue weighted by Crippen LogP contribution is -2.25. The van der Waals surface area contributed by atoms with Gasteiger partial charge < -0.3 is 0 Å². The molecule has 0 saturated heterocycles. The van der Waals surface area contributed by atoms with Crippen molar-refractivity contribution in [3.8, 4) is 0 Å². The fraction of sp³-hybridized carbons (Fsp3) is 0.333. The van der Waals surface area contributed by atoms with Gasteiger partial charge in [0.25, 0.3) is 5.16 Å². The predicted molar refractivity (Wildman–Crippen MR) is 66.2 cm³/mol. The summed E-state index contributed by atoms with van der Waals surface area (Å²) >= 11 is 0. The van der Waals surface area contributed by atoms with E-state index in [1.807, 2.05) is 0 Å². The number of nitrogens with zero attached hydrogens (tertiary/aromatic N) is 3. The summed E-state index contributed by atoms with van der Waals surface area (Å²) in [7, 11) is -5.88. The molecule has 1 aromatic carbocycles. The van der Waals surface area contributed by atoms with Crippen LogP contribution in [0.4, 0.5) is 26.3 Å². The van der Waals surface area contributed by atoms with Crippen LogP contribution in [0.25, 0.3) is 0 Å². The number of benzene rings is 1. The standard InChI is InChI=1S/C12H7F6N3O2S/c13-6-3-1-2-5(9(6)15)8-4-7(14)10-19-11(20-21(8)10)24(22,23)12(16,17)18/h1-3,7-8H,4H2/t7-,8-/m0/s1.